The molecule has 2 atom stereocenters. The number of piperidine rings is 1. The predicted molar refractivity (Wildman–Crippen MR) is 92.2 cm³/mol. The van der Waals surface area contributed by atoms with Gasteiger partial charge in [0.25, 0.3) is 0 Å². The predicted octanol–water partition coefficient (Wildman–Crippen LogP) is 2.25. The van der Waals surface area contributed by atoms with Crippen LogP contribution < -0.4 is 0 Å². The molecule has 0 aromatic heterocycles. The van der Waals surface area contributed by atoms with Crippen molar-refractivity contribution in [2.24, 2.45) is 0 Å². The van der Waals surface area contributed by atoms with E-state index in [1.807, 2.05) is 0 Å². The molecule has 3 rings (SSSR count). The first-order valence-electron chi connectivity index (χ1n) is 8.93. The van der Waals surface area contributed by atoms with Gasteiger partial charge in [-0.15, -0.1) is 0 Å². The normalized spacial score (nSPS) is 30.5. The summed E-state index contributed by atoms with van der Waals surface area (Å²) in [5.74, 6) is 0. The lowest BCUT2D eigenvalue weighted by molar-refractivity contribution is 0.00863. The maximum Gasteiger partial charge on any atom is 0.0594 e. The Kier molecular flexibility index (Phi) is 5.70. The number of ether oxygens (including phenoxy) is 1. The first-order valence-corrected chi connectivity index (χ1v) is 8.93. The van der Waals surface area contributed by atoms with Crippen LogP contribution in [0.25, 0.3) is 0 Å². The van der Waals surface area contributed by atoms with E-state index in [4.69, 9.17) is 4.74 Å². The highest BCUT2D eigenvalue weighted by atomic mass is 16.5. The van der Waals surface area contributed by atoms with E-state index < -0.39 is 0 Å². The molecule has 0 amide bonds. The molecule has 4 heteroatoms. The van der Waals surface area contributed by atoms with E-state index in [1.165, 1.54) is 11.1 Å². The highest BCUT2D eigenvalue weighted by Crippen LogP contribution is 2.25. The van der Waals surface area contributed by atoms with E-state index in [0.29, 0.717) is 12.1 Å². The van der Waals surface area contributed by atoms with Crippen LogP contribution in [0, 0.1) is 0 Å². The minimum Gasteiger partial charge on any atom is -0.393 e. The van der Waals surface area contributed by atoms with E-state index in [1.54, 1.807) is 0 Å². The van der Waals surface area contributed by atoms with E-state index in [0.717, 1.165) is 52.2 Å². The summed E-state index contributed by atoms with van der Waals surface area (Å²) in [5.41, 5.74) is 2.75. The maximum absolute atomic E-state index is 9.89. The third-order valence-corrected chi connectivity index (χ3v) is 5.26. The number of rotatable bonds is 4. The van der Waals surface area contributed by atoms with Crippen LogP contribution in [0.2, 0.25) is 0 Å². The smallest absolute Gasteiger partial charge is 0.0594 e. The second kappa shape index (κ2) is 7.75. The Morgan fingerprint density at radius 1 is 0.957 bits per heavy atom. The Labute approximate surface area is 140 Å². The van der Waals surface area contributed by atoms with E-state index in [9.17, 15) is 5.11 Å². The second-order valence-corrected chi connectivity index (χ2v) is 7.20. The molecule has 0 spiro atoms. The molecular weight excluding hydrogens is 288 g/mol. The number of aliphatic hydroxyl groups excluding tert-OH is 1. The summed E-state index contributed by atoms with van der Waals surface area (Å²) in [6, 6.07) is 9.95. The van der Waals surface area contributed by atoms with Crippen LogP contribution in [0.15, 0.2) is 24.3 Å². The first kappa shape index (κ1) is 16.9. The largest absolute Gasteiger partial charge is 0.393 e. The van der Waals surface area contributed by atoms with Gasteiger partial charge in [-0.2, -0.15) is 0 Å². The van der Waals surface area contributed by atoms with Gasteiger partial charge in [0.1, 0.15) is 0 Å². The average molecular weight is 318 g/mol. The van der Waals surface area contributed by atoms with Gasteiger partial charge in [0, 0.05) is 38.3 Å². The van der Waals surface area contributed by atoms with Gasteiger partial charge < -0.3 is 9.84 Å². The molecule has 1 aromatic carbocycles. The van der Waals surface area contributed by atoms with Crippen LogP contribution >= 0.6 is 0 Å². The number of benzene rings is 1. The Morgan fingerprint density at radius 3 is 2.04 bits per heavy atom. The molecule has 4 nitrogen and oxygen atoms in total. The number of aliphatic hydroxyl groups is 1. The van der Waals surface area contributed by atoms with Crippen LogP contribution in [-0.4, -0.2) is 59.4 Å². The Morgan fingerprint density at radius 2 is 1.48 bits per heavy atom. The van der Waals surface area contributed by atoms with Crippen molar-refractivity contribution in [3.05, 3.63) is 35.4 Å². The minimum absolute atomic E-state index is 0.132. The lowest BCUT2D eigenvalue weighted by atomic mass is 9.94. The average Bonchev–Trinajstić information content (AvgIpc) is 2.53. The van der Waals surface area contributed by atoms with Crippen LogP contribution in [-0.2, 0) is 17.8 Å². The summed E-state index contributed by atoms with van der Waals surface area (Å²) in [6.45, 7) is 10.2. The van der Waals surface area contributed by atoms with Gasteiger partial charge in [-0.1, -0.05) is 24.3 Å². The fraction of sp³-hybridized carbons (Fsp3) is 0.684. The molecule has 0 bridgehead atoms. The molecule has 2 aliphatic rings. The molecule has 2 fully saturated rings. The minimum atomic E-state index is -0.132. The summed E-state index contributed by atoms with van der Waals surface area (Å²) in [6.07, 6.45) is 1.64. The third kappa shape index (κ3) is 4.54. The van der Waals surface area contributed by atoms with Crippen molar-refractivity contribution in [3.63, 3.8) is 0 Å². The molecule has 0 aliphatic carbocycles. The van der Waals surface area contributed by atoms with Gasteiger partial charge in [0.15, 0.2) is 0 Å². The number of morpholine rings is 1. The van der Waals surface area contributed by atoms with Crippen molar-refractivity contribution in [2.75, 3.05) is 26.3 Å². The zero-order valence-corrected chi connectivity index (χ0v) is 14.4. The highest BCUT2D eigenvalue weighted by molar-refractivity contribution is 5.22. The van der Waals surface area contributed by atoms with Gasteiger partial charge in [-0.25, -0.2) is 0 Å². The lowest BCUT2D eigenvalue weighted by Gasteiger charge is -2.41. The molecule has 2 heterocycles. The van der Waals surface area contributed by atoms with E-state index >= 15 is 0 Å². The number of nitrogens with zero attached hydrogens (tertiary/aromatic N) is 2. The standard InChI is InChI=1S/C19H30N2O2/c1-15-11-19(22)12-16(2)21(15)14-18-5-3-17(4-6-18)13-20-7-9-23-10-8-20/h3-6,15-16,19,22H,7-14H2,1-2H3. The summed E-state index contributed by atoms with van der Waals surface area (Å²) in [7, 11) is 0. The Hall–Kier alpha value is -0.940. The van der Waals surface area contributed by atoms with E-state index in [2.05, 4.69) is 47.9 Å². The zero-order valence-electron chi connectivity index (χ0n) is 14.4. The summed E-state index contributed by atoms with van der Waals surface area (Å²) in [4.78, 5) is 4.97. The monoisotopic (exact) mass is 318 g/mol. The molecule has 1 aromatic rings. The van der Waals surface area contributed by atoms with Crippen molar-refractivity contribution >= 4 is 0 Å². The van der Waals surface area contributed by atoms with Crippen LogP contribution in [0.5, 0.6) is 0 Å². The van der Waals surface area contributed by atoms with Gasteiger partial charge in [0.2, 0.25) is 0 Å². The molecule has 2 unspecified atom stereocenters. The third-order valence-electron chi connectivity index (χ3n) is 5.26. The van der Waals surface area contributed by atoms with Gasteiger partial charge >= 0.3 is 0 Å². The van der Waals surface area contributed by atoms with E-state index in [-0.39, 0.29) is 6.10 Å². The zero-order chi connectivity index (χ0) is 16.2. The highest BCUT2D eigenvalue weighted by Gasteiger charge is 2.29. The molecule has 0 radical (unpaired) electrons. The molecule has 2 saturated heterocycles. The van der Waals surface area contributed by atoms with Gasteiger partial charge in [-0.3, -0.25) is 9.80 Å². The number of likely N-dealkylation sites (tertiary alicyclic amines) is 1. The number of hydrogen-bond donors (Lipinski definition) is 1. The Bertz CT molecular complexity index is 473. The van der Waals surface area contributed by atoms with Crippen molar-refractivity contribution in [3.8, 4) is 0 Å². The molecule has 0 saturated carbocycles. The molecule has 23 heavy (non-hydrogen) atoms. The Balaban J connectivity index is 1.56. The van der Waals surface area contributed by atoms with Crippen LogP contribution in [0.3, 0.4) is 0 Å². The second-order valence-electron chi connectivity index (χ2n) is 7.20. The van der Waals surface area contributed by atoms with Crippen LogP contribution in [0.1, 0.15) is 37.8 Å². The maximum atomic E-state index is 9.89. The number of hydrogen-bond acceptors (Lipinski definition) is 4. The van der Waals surface area contributed by atoms with Gasteiger partial charge in [0.05, 0.1) is 19.3 Å². The van der Waals surface area contributed by atoms with Gasteiger partial charge in [-0.05, 0) is 37.8 Å². The molecular formula is C19H30N2O2. The first-order chi connectivity index (χ1) is 11.1. The molecule has 2 aliphatic heterocycles. The lowest BCUT2D eigenvalue weighted by Crippen LogP contribution is -2.47. The SMILES string of the molecule is CC1CC(O)CC(C)N1Cc1ccc(CN2CCOCC2)cc1. The quantitative estimate of drug-likeness (QED) is 0.924. The molecule has 128 valence electrons. The van der Waals surface area contributed by atoms with Crippen molar-refractivity contribution in [1.82, 2.24) is 9.80 Å². The van der Waals surface area contributed by atoms with Crippen LogP contribution in [0.4, 0.5) is 0 Å². The fourth-order valence-electron chi connectivity index (χ4n) is 3.88. The fourth-order valence-corrected chi connectivity index (χ4v) is 3.88. The summed E-state index contributed by atoms with van der Waals surface area (Å²) in [5, 5.41) is 9.89. The van der Waals surface area contributed by atoms with Crippen molar-refractivity contribution in [1.29, 1.82) is 0 Å². The summed E-state index contributed by atoms with van der Waals surface area (Å²) >= 11 is 0. The topological polar surface area (TPSA) is 35.9 Å². The van der Waals surface area contributed by atoms with Crippen molar-refractivity contribution < 1.29 is 9.84 Å². The van der Waals surface area contributed by atoms with Crippen molar-refractivity contribution in [2.45, 2.75) is 58.0 Å². The molecule has 1 N–H and O–H groups in total. The summed E-state index contributed by atoms with van der Waals surface area (Å²) < 4.78 is 5.40.